The van der Waals surface area contributed by atoms with Crippen molar-refractivity contribution in [2.75, 3.05) is 6.54 Å². The van der Waals surface area contributed by atoms with Crippen LogP contribution in [0.3, 0.4) is 0 Å². The Kier molecular flexibility index (Phi) is 2.54. The van der Waals surface area contributed by atoms with Crippen LogP contribution in [0.4, 0.5) is 0 Å². The van der Waals surface area contributed by atoms with Crippen LogP contribution in [0, 0.1) is 0 Å². The van der Waals surface area contributed by atoms with E-state index in [4.69, 9.17) is 0 Å². The Morgan fingerprint density at radius 3 is 2.76 bits per heavy atom. The van der Waals surface area contributed by atoms with E-state index in [1.54, 1.807) is 11.3 Å². The van der Waals surface area contributed by atoms with Crippen molar-refractivity contribution in [2.24, 2.45) is 0 Å². The van der Waals surface area contributed by atoms with Crippen LogP contribution < -0.4 is 0 Å². The molecule has 0 fully saturated rings. The highest BCUT2D eigenvalue weighted by molar-refractivity contribution is 7.10. The maximum Gasteiger partial charge on any atom is 0.0940 e. The van der Waals surface area contributed by atoms with Gasteiger partial charge in [-0.05, 0) is 35.9 Å². The van der Waals surface area contributed by atoms with E-state index in [2.05, 4.69) is 30.5 Å². The molecule has 0 spiro atoms. The number of thiophene rings is 1. The first-order valence-corrected chi connectivity index (χ1v) is 6.70. The van der Waals surface area contributed by atoms with Gasteiger partial charge < -0.3 is 5.21 Å². The summed E-state index contributed by atoms with van der Waals surface area (Å²) in [5.74, 6) is 0. The molecule has 0 radical (unpaired) electrons. The molecule has 1 N–H and O–H groups in total. The minimum atomic E-state index is -0.408. The van der Waals surface area contributed by atoms with Crippen molar-refractivity contribution in [1.82, 2.24) is 5.06 Å². The summed E-state index contributed by atoms with van der Waals surface area (Å²) in [7, 11) is 0. The van der Waals surface area contributed by atoms with E-state index >= 15 is 0 Å². The van der Waals surface area contributed by atoms with Gasteiger partial charge in [-0.25, -0.2) is 0 Å². The highest BCUT2D eigenvalue weighted by Crippen LogP contribution is 2.41. The molecular weight excluding hydrogens is 230 g/mol. The molecule has 1 atom stereocenters. The minimum absolute atomic E-state index is 0.408. The van der Waals surface area contributed by atoms with Crippen molar-refractivity contribution in [3.8, 4) is 0 Å². The molecule has 1 unspecified atom stereocenters. The zero-order valence-electron chi connectivity index (χ0n) is 9.76. The number of hydrogen-bond acceptors (Lipinski definition) is 3. The van der Waals surface area contributed by atoms with Gasteiger partial charge in [0.25, 0.3) is 0 Å². The zero-order chi connectivity index (χ0) is 11.9. The molecular formula is C14H15NOS. The summed E-state index contributed by atoms with van der Waals surface area (Å²) in [6, 6.07) is 12.3. The second-order valence-corrected chi connectivity index (χ2v) is 5.57. The van der Waals surface area contributed by atoms with Crippen LogP contribution in [0.5, 0.6) is 0 Å². The SMILES string of the molecule is CC1(c2ccccc2)c2ccsc2CCN1O. The molecule has 3 rings (SSSR count). The first-order chi connectivity index (χ1) is 8.23. The van der Waals surface area contributed by atoms with Gasteiger partial charge in [0.1, 0.15) is 0 Å². The van der Waals surface area contributed by atoms with Gasteiger partial charge in [-0.3, -0.25) is 0 Å². The standard InChI is InChI=1S/C14H15NOS/c1-14(11-5-3-2-4-6-11)12-8-10-17-13(12)7-9-15(14)16/h2-6,8,10,16H,7,9H2,1H3. The number of rotatable bonds is 1. The van der Waals surface area contributed by atoms with Crippen LogP contribution in [-0.2, 0) is 12.0 Å². The average Bonchev–Trinajstić information content (AvgIpc) is 2.84. The maximum atomic E-state index is 10.3. The van der Waals surface area contributed by atoms with Gasteiger partial charge in [0, 0.05) is 11.4 Å². The van der Waals surface area contributed by atoms with Crippen molar-refractivity contribution in [2.45, 2.75) is 18.9 Å². The Balaban J connectivity index is 2.19. The largest absolute Gasteiger partial charge is 0.313 e. The number of benzene rings is 1. The molecule has 2 aromatic rings. The maximum absolute atomic E-state index is 10.3. The molecule has 0 amide bonds. The fraction of sp³-hybridized carbons (Fsp3) is 0.286. The third-order valence-electron chi connectivity index (χ3n) is 3.67. The highest BCUT2D eigenvalue weighted by Gasteiger charge is 2.40. The van der Waals surface area contributed by atoms with Gasteiger partial charge in [-0.15, -0.1) is 11.3 Å². The van der Waals surface area contributed by atoms with Gasteiger partial charge in [0.2, 0.25) is 0 Å². The second kappa shape index (κ2) is 3.95. The van der Waals surface area contributed by atoms with E-state index in [9.17, 15) is 5.21 Å². The quantitative estimate of drug-likeness (QED) is 0.833. The molecule has 1 aliphatic heterocycles. The van der Waals surface area contributed by atoms with Crippen molar-refractivity contribution >= 4 is 11.3 Å². The van der Waals surface area contributed by atoms with Gasteiger partial charge in [-0.2, -0.15) is 5.06 Å². The molecule has 3 heteroatoms. The molecule has 2 heterocycles. The molecule has 17 heavy (non-hydrogen) atoms. The van der Waals surface area contributed by atoms with Crippen molar-refractivity contribution in [3.05, 3.63) is 57.8 Å². The summed E-state index contributed by atoms with van der Waals surface area (Å²) in [5.41, 5.74) is 1.97. The molecule has 2 nitrogen and oxygen atoms in total. The lowest BCUT2D eigenvalue weighted by molar-refractivity contribution is -0.161. The number of fused-ring (bicyclic) bond motifs is 1. The van der Waals surface area contributed by atoms with Crippen LogP contribution in [0.25, 0.3) is 0 Å². The van der Waals surface area contributed by atoms with Gasteiger partial charge in [-0.1, -0.05) is 30.3 Å². The number of hydroxylamine groups is 2. The second-order valence-electron chi connectivity index (χ2n) is 4.57. The smallest absolute Gasteiger partial charge is 0.0940 e. The predicted molar refractivity (Wildman–Crippen MR) is 69.4 cm³/mol. The van der Waals surface area contributed by atoms with Crippen LogP contribution >= 0.6 is 11.3 Å². The molecule has 88 valence electrons. The lowest BCUT2D eigenvalue weighted by Crippen LogP contribution is -2.46. The fourth-order valence-corrected chi connectivity index (χ4v) is 3.58. The lowest BCUT2D eigenvalue weighted by atomic mass is 9.82. The summed E-state index contributed by atoms with van der Waals surface area (Å²) in [5, 5.41) is 13.9. The zero-order valence-corrected chi connectivity index (χ0v) is 10.6. The van der Waals surface area contributed by atoms with E-state index in [0.717, 1.165) is 12.0 Å². The molecule has 1 aliphatic rings. The number of nitrogens with zero attached hydrogens (tertiary/aromatic N) is 1. The van der Waals surface area contributed by atoms with E-state index in [1.165, 1.54) is 15.5 Å². The summed E-state index contributed by atoms with van der Waals surface area (Å²) < 4.78 is 0. The monoisotopic (exact) mass is 245 g/mol. The Bertz CT molecular complexity index is 522. The topological polar surface area (TPSA) is 23.5 Å². The summed E-state index contributed by atoms with van der Waals surface area (Å²) >= 11 is 1.79. The third-order valence-corrected chi connectivity index (χ3v) is 4.65. The van der Waals surface area contributed by atoms with Crippen LogP contribution in [0.2, 0.25) is 0 Å². The lowest BCUT2D eigenvalue weighted by Gasteiger charge is -2.41. The normalized spacial score (nSPS) is 24.6. The first kappa shape index (κ1) is 11.0. The predicted octanol–water partition coefficient (Wildman–Crippen LogP) is 3.26. The summed E-state index contributed by atoms with van der Waals surface area (Å²) in [6.07, 6.45) is 0.936. The van der Waals surface area contributed by atoms with E-state index in [1.807, 2.05) is 18.2 Å². The van der Waals surface area contributed by atoms with Gasteiger partial charge >= 0.3 is 0 Å². The third kappa shape index (κ3) is 1.54. The fourth-order valence-electron chi connectivity index (χ4n) is 2.61. The Morgan fingerprint density at radius 1 is 1.24 bits per heavy atom. The molecule has 0 bridgehead atoms. The van der Waals surface area contributed by atoms with E-state index in [0.29, 0.717) is 6.54 Å². The van der Waals surface area contributed by atoms with Crippen LogP contribution in [0.15, 0.2) is 41.8 Å². The first-order valence-electron chi connectivity index (χ1n) is 5.82. The van der Waals surface area contributed by atoms with Gasteiger partial charge in [0.15, 0.2) is 0 Å². The Labute approximate surface area is 105 Å². The van der Waals surface area contributed by atoms with Crippen molar-refractivity contribution < 1.29 is 5.21 Å². The van der Waals surface area contributed by atoms with E-state index < -0.39 is 5.54 Å². The van der Waals surface area contributed by atoms with Crippen LogP contribution in [0.1, 0.15) is 22.9 Å². The Hall–Kier alpha value is -1.16. The minimum Gasteiger partial charge on any atom is -0.313 e. The van der Waals surface area contributed by atoms with Gasteiger partial charge in [0.05, 0.1) is 5.54 Å². The highest BCUT2D eigenvalue weighted by atomic mass is 32.1. The van der Waals surface area contributed by atoms with Crippen molar-refractivity contribution in [1.29, 1.82) is 0 Å². The molecule has 0 saturated heterocycles. The molecule has 1 aromatic heterocycles. The molecule has 0 saturated carbocycles. The summed E-state index contributed by atoms with van der Waals surface area (Å²) in [6.45, 7) is 2.78. The average molecular weight is 245 g/mol. The molecule has 0 aliphatic carbocycles. The summed E-state index contributed by atoms with van der Waals surface area (Å²) in [4.78, 5) is 1.39. The molecule has 1 aromatic carbocycles. The number of hydrogen-bond donors (Lipinski definition) is 1. The van der Waals surface area contributed by atoms with Crippen molar-refractivity contribution in [3.63, 3.8) is 0 Å². The van der Waals surface area contributed by atoms with E-state index in [-0.39, 0.29) is 0 Å². The Morgan fingerprint density at radius 2 is 2.00 bits per heavy atom. The van der Waals surface area contributed by atoms with Crippen LogP contribution in [-0.4, -0.2) is 16.8 Å².